The summed E-state index contributed by atoms with van der Waals surface area (Å²) in [5.41, 5.74) is 3.89. The van der Waals surface area contributed by atoms with Gasteiger partial charge in [0.2, 0.25) is 0 Å². The van der Waals surface area contributed by atoms with Crippen molar-refractivity contribution in [3.63, 3.8) is 0 Å². The number of benzene rings is 1. The van der Waals surface area contributed by atoms with E-state index in [4.69, 9.17) is 0 Å². The Bertz CT molecular complexity index is 616. The second-order valence-corrected chi connectivity index (χ2v) is 5.20. The summed E-state index contributed by atoms with van der Waals surface area (Å²) in [6, 6.07) is 9.87. The fourth-order valence-electron chi connectivity index (χ4n) is 2.54. The van der Waals surface area contributed by atoms with E-state index in [0.717, 1.165) is 42.0 Å². The average Bonchev–Trinajstić information content (AvgIpc) is 2.85. The van der Waals surface area contributed by atoms with Crippen LogP contribution in [0.15, 0.2) is 30.3 Å². The molecular formula is C17H23N3O. The fraction of sp³-hybridized carbons (Fsp3) is 0.412. The summed E-state index contributed by atoms with van der Waals surface area (Å²) in [6.45, 7) is 5.66. The summed E-state index contributed by atoms with van der Waals surface area (Å²) < 4.78 is 1.91. The van der Waals surface area contributed by atoms with Gasteiger partial charge < -0.3 is 5.32 Å². The summed E-state index contributed by atoms with van der Waals surface area (Å²) >= 11 is 0. The first kappa shape index (κ1) is 15.4. The van der Waals surface area contributed by atoms with Gasteiger partial charge in [-0.2, -0.15) is 5.10 Å². The molecule has 4 heteroatoms. The Balaban J connectivity index is 2.20. The Morgan fingerprint density at radius 2 is 2.10 bits per heavy atom. The van der Waals surface area contributed by atoms with Crippen LogP contribution in [-0.2, 0) is 19.4 Å². The number of nitrogens with one attached hydrogen (secondary N) is 1. The SMILES string of the molecule is CCn1nc(C)cc1CC(=O)c1ccccc1CCNC. The van der Waals surface area contributed by atoms with Crippen LogP contribution in [0.5, 0.6) is 0 Å². The van der Waals surface area contributed by atoms with E-state index >= 15 is 0 Å². The first-order valence-electron chi connectivity index (χ1n) is 7.44. The number of ketones is 1. The number of aromatic nitrogens is 2. The number of Topliss-reactive ketones (excluding diaryl/α,β-unsaturated/α-hetero) is 1. The Morgan fingerprint density at radius 1 is 1.33 bits per heavy atom. The fourth-order valence-corrected chi connectivity index (χ4v) is 2.54. The molecule has 2 aromatic rings. The van der Waals surface area contributed by atoms with E-state index < -0.39 is 0 Å². The molecule has 0 bridgehead atoms. The molecule has 0 saturated heterocycles. The maximum atomic E-state index is 12.6. The van der Waals surface area contributed by atoms with E-state index in [2.05, 4.69) is 10.4 Å². The van der Waals surface area contributed by atoms with Gasteiger partial charge in [0.1, 0.15) is 0 Å². The summed E-state index contributed by atoms with van der Waals surface area (Å²) in [7, 11) is 1.92. The molecule has 1 heterocycles. The minimum Gasteiger partial charge on any atom is -0.319 e. The van der Waals surface area contributed by atoms with Crippen molar-refractivity contribution in [1.29, 1.82) is 0 Å². The van der Waals surface area contributed by atoms with Crippen molar-refractivity contribution in [2.24, 2.45) is 0 Å². The van der Waals surface area contributed by atoms with Crippen LogP contribution in [0.4, 0.5) is 0 Å². The molecule has 0 saturated carbocycles. The second-order valence-electron chi connectivity index (χ2n) is 5.20. The van der Waals surface area contributed by atoms with Gasteiger partial charge in [-0.15, -0.1) is 0 Å². The second kappa shape index (κ2) is 7.18. The maximum Gasteiger partial charge on any atom is 0.169 e. The normalized spacial score (nSPS) is 10.8. The molecule has 0 spiro atoms. The van der Waals surface area contributed by atoms with Crippen molar-refractivity contribution in [1.82, 2.24) is 15.1 Å². The minimum atomic E-state index is 0.163. The third-order valence-corrected chi connectivity index (χ3v) is 3.59. The zero-order chi connectivity index (χ0) is 15.2. The van der Waals surface area contributed by atoms with E-state index in [-0.39, 0.29) is 5.78 Å². The van der Waals surface area contributed by atoms with Crippen LogP contribution in [0.2, 0.25) is 0 Å². The lowest BCUT2D eigenvalue weighted by Gasteiger charge is -2.09. The van der Waals surface area contributed by atoms with E-state index in [0.29, 0.717) is 6.42 Å². The van der Waals surface area contributed by atoms with Crippen LogP contribution in [0.3, 0.4) is 0 Å². The number of hydrogen-bond acceptors (Lipinski definition) is 3. The molecule has 0 aliphatic rings. The molecule has 0 unspecified atom stereocenters. The molecule has 4 nitrogen and oxygen atoms in total. The Kier molecular flexibility index (Phi) is 5.28. The van der Waals surface area contributed by atoms with Crippen LogP contribution in [0.25, 0.3) is 0 Å². The Hall–Kier alpha value is -1.94. The number of carbonyl (C=O) groups excluding carboxylic acids is 1. The number of rotatable bonds is 7. The lowest BCUT2D eigenvalue weighted by Crippen LogP contribution is -2.15. The van der Waals surface area contributed by atoms with Crippen molar-refractivity contribution in [2.45, 2.75) is 33.2 Å². The summed E-state index contributed by atoms with van der Waals surface area (Å²) in [5.74, 6) is 0.163. The van der Waals surface area contributed by atoms with Gasteiger partial charge in [-0.1, -0.05) is 24.3 Å². The molecule has 0 radical (unpaired) electrons. The van der Waals surface area contributed by atoms with E-state index in [1.165, 1.54) is 0 Å². The molecular weight excluding hydrogens is 262 g/mol. The highest BCUT2D eigenvalue weighted by Gasteiger charge is 2.14. The van der Waals surface area contributed by atoms with Crippen molar-refractivity contribution in [3.8, 4) is 0 Å². The van der Waals surface area contributed by atoms with Gasteiger partial charge in [0.15, 0.2) is 5.78 Å². The van der Waals surface area contributed by atoms with Crippen molar-refractivity contribution >= 4 is 5.78 Å². The Labute approximate surface area is 126 Å². The molecule has 112 valence electrons. The lowest BCUT2D eigenvalue weighted by molar-refractivity contribution is 0.0989. The molecule has 1 aromatic carbocycles. The van der Waals surface area contributed by atoms with Crippen LogP contribution in [-0.4, -0.2) is 29.2 Å². The highest BCUT2D eigenvalue weighted by atomic mass is 16.1. The van der Waals surface area contributed by atoms with E-state index in [1.54, 1.807) is 0 Å². The smallest absolute Gasteiger partial charge is 0.169 e. The van der Waals surface area contributed by atoms with Crippen LogP contribution in [0, 0.1) is 6.92 Å². The highest BCUT2D eigenvalue weighted by Crippen LogP contribution is 2.14. The number of carbonyl (C=O) groups is 1. The third-order valence-electron chi connectivity index (χ3n) is 3.59. The first-order chi connectivity index (χ1) is 10.2. The molecule has 0 aliphatic heterocycles. The minimum absolute atomic E-state index is 0.163. The van der Waals surface area contributed by atoms with Crippen LogP contribution < -0.4 is 5.32 Å². The molecule has 21 heavy (non-hydrogen) atoms. The van der Waals surface area contributed by atoms with Gasteiger partial charge in [-0.3, -0.25) is 9.48 Å². The molecule has 0 amide bonds. The summed E-state index contributed by atoms with van der Waals surface area (Å²) in [4.78, 5) is 12.6. The van der Waals surface area contributed by atoms with Crippen molar-refractivity contribution in [3.05, 3.63) is 52.8 Å². The maximum absolute atomic E-state index is 12.6. The van der Waals surface area contributed by atoms with Gasteiger partial charge in [-0.25, -0.2) is 0 Å². The summed E-state index contributed by atoms with van der Waals surface area (Å²) in [6.07, 6.45) is 1.27. The average molecular weight is 285 g/mol. The number of nitrogens with zero attached hydrogens (tertiary/aromatic N) is 2. The molecule has 0 aliphatic carbocycles. The van der Waals surface area contributed by atoms with Crippen LogP contribution in [0.1, 0.15) is 34.2 Å². The van der Waals surface area contributed by atoms with Gasteiger partial charge in [0.25, 0.3) is 0 Å². The third kappa shape index (κ3) is 3.79. The van der Waals surface area contributed by atoms with Gasteiger partial charge in [-0.05, 0) is 45.5 Å². The van der Waals surface area contributed by atoms with Gasteiger partial charge >= 0.3 is 0 Å². The predicted octanol–water partition coefficient (Wildman–Crippen LogP) is 2.40. The highest BCUT2D eigenvalue weighted by molar-refractivity contribution is 5.98. The molecule has 0 atom stereocenters. The number of aryl methyl sites for hydroxylation is 2. The van der Waals surface area contributed by atoms with Crippen LogP contribution >= 0.6 is 0 Å². The summed E-state index contributed by atoms with van der Waals surface area (Å²) in [5, 5.41) is 7.53. The predicted molar refractivity (Wildman–Crippen MR) is 84.7 cm³/mol. The van der Waals surface area contributed by atoms with Crippen molar-refractivity contribution < 1.29 is 4.79 Å². The lowest BCUT2D eigenvalue weighted by atomic mass is 9.98. The van der Waals surface area contributed by atoms with Gasteiger partial charge in [0, 0.05) is 17.8 Å². The Morgan fingerprint density at radius 3 is 2.81 bits per heavy atom. The topological polar surface area (TPSA) is 46.9 Å². The number of likely N-dealkylation sites (N-methyl/N-ethyl adjacent to an activating group) is 1. The standard InChI is InChI=1S/C17H23N3O/c1-4-20-15(11-13(2)19-20)12-17(21)16-8-6-5-7-14(16)9-10-18-3/h5-8,11,18H,4,9-10,12H2,1-3H3. The monoisotopic (exact) mass is 285 g/mol. The first-order valence-corrected chi connectivity index (χ1v) is 7.44. The van der Waals surface area contributed by atoms with Crippen molar-refractivity contribution in [2.75, 3.05) is 13.6 Å². The largest absolute Gasteiger partial charge is 0.319 e. The molecule has 1 N–H and O–H groups in total. The zero-order valence-corrected chi connectivity index (χ0v) is 13.0. The number of hydrogen-bond donors (Lipinski definition) is 1. The zero-order valence-electron chi connectivity index (χ0n) is 13.0. The molecule has 0 fully saturated rings. The van der Waals surface area contributed by atoms with E-state index in [9.17, 15) is 4.79 Å². The van der Waals surface area contributed by atoms with Gasteiger partial charge in [0.05, 0.1) is 12.1 Å². The van der Waals surface area contributed by atoms with E-state index in [1.807, 2.05) is 55.9 Å². The molecule has 2 rings (SSSR count). The quantitative estimate of drug-likeness (QED) is 0.795. The molecule has 1 aromatic heterocycles.